The number of carbonyl (C=O) groups is 2. The molecule has 186 valence electrons. The van der Waals surface area contributed by atoms with Crippen LogP contribution in [-0.4, -0.2) is 57.1 Å². The lowest BCUT2D eigenvalue weighted by molar-refractivity contribution is -0.139. The smallest absolute Gasteiger partial charge is 0.244 e. The van der Waals surface area contributed by atoms with E-state index in [0.29, 0.717) is 0 Å². The average Bonchev–Trinajstić information content (AvgIpc) is 2.75. The second-order valence-electron chi connectivity index (χ2n) is 8.43. The maximum absolute atomic E-state index is 13.5. The number of aryl methyl sites for hydroxylation is 1. The first-order valence-corrected chi connectivity index (χ1v) is 13.0. The molecule has 0 aliphatic heterocycles. The van der Waals surface area contributed by atoms with Crippen molar-refractivity contribution in [2.45, 2.75) is 46.3 Å². The van der Waals surface area contributed by atoms with E-state index in [4.69, 9.17) is 16.3 Å². The van der Waals surface area contributed by atoms with E-state index in [0.717, 1.165) is 21.7 Å². The average molecular weight is 510 g/mol. The van der Waals surface area contributed by atoms with E-state index < -0.39 is 28.5 Å². The number of sulfonamides is 1. The Bertz CT molecular complexity index is 1120. The lowest BCUT2D eigenvalue weighted by Crippen LogP contribution is -2.52. The van der Waals surface area contributed by atoms with Crippen LogP contribution in [0.1, 0.15) is 31.9 Å². The molecule has 8 nitrogen and oxygen atoms in total. The number of amides is 2. The molecule has 2 aromatic carbocycles. The van der Waals surface area contributed by atoms with Gasteiger partial charge in [0.05, 0.1) is 19.1 Å². The van der Waals surface area contributed by atoms with Crippen molar-refractivity contribution in [3.63, 3.8) is 0 Å². The van der Waals surface area contributed by atoms with E-state index in [1.165, 1.54) is 24.1 Å². The van der Waals surface area contributed by atoms with E-state index in [1.807, 2.05) is 45.0 Å². The Morgan fingerprint density at radius 3 is 2.24 bits per heavy atom. The summed E-state index contributed by atoms with van der Waals surface area (Å²) in [6, 6.07) is 11.1. The summed E-state index contributed by atoms with van der Waals surface area (Å²) in [6.45, 7) is 6.83. The van der Waals surface area contributed by atoms with Gasteiger partial charge in [-0.15, -0.1) is 0 Å². The van der Waals surface area contributed by atoms with E-state index in [2.05, 4.69) is 5.32 Å². The molecule has 2 aromatic rings. The number of hydrogen-bond donors (Lipinski definition) is 1. The van der Waals surface area contributed by atoms with Gasteiger partial charge in [-0.2, -0.15) is 0 Å². The molecule has 2 amide bonds. The van der Waals surface area contributed by atoms with E-state index >= 15 is 0 Å². The summed E-state index contributed by atoms with van der Waals surface area (Å²) in [5.74, 6) is -0.626. The van der Waals surface area contributed by atoms with Crippen LogP contribution in [0.25, 0.3) is 0 Å². The molecule has 1 N–H and O–H groups in total. The number of ether oxygens (including phenoxy) is 1. The minimum Gasteiger partial charge on any atom is -0.495 e. The van der Waals surface area contributed by atoms with Gasteiger partial charge in [0.25, 0.3) is 0 Å². The Balaban J connectivity index is 2.45. The molecule has 0 unspecified atom stereocenters. The summed E-state index contributed by atoms with van der Waals surface area (Å²) in [5, 5.41) is 3.10. The van der Waals surface area contributed by atoms with Crippen molar-refractivity contribution >= 4 is 39.1 Å². The first-order chi connectivity index (χ1) is 15.8. The first-order valence-electron chi connectivity index (χ1n) is 10.8. The second kappa shape index (κ2) is 11.6. The van der Waals surface area contributed by atoms with Gasteiger partial charge in [0.2, 0.25) is 21.8 Å². The predicted molar refractivity (Wildman–Crippen MR) is 135 cm³/mol. The fraction of sp³-hybridized carbons (Fsp3) is 0.417. The number of carbonyl (C=O) groups excluding carboxylic acids is 2. The Labute approximate surface area is 206 Å². The van der Waals surface area contributed by atoms with Crippen LogP contribution >= 0.6 is 11.6 Å². The van der Waals surface area contributed by atoms with Crippen LogP contribution in [-0.2, 0) is 26.2 Å². The topological polar surface area (TPSA) is 96.0 Å². The summed E-state index contributed by atoms with van der Waals surface area (Å²) < 4.78 is 31.6. The first kappa shape index (κ1) is 27.5. The number of nitrogens with zero attached hydrogens (tertiary/aromatic N) is 2. The van der Waals surface area contributed by atoms with Crippen LogP contribution in [0.15, 0.2) is 42.5 Å². The molecule has 0 saturated carbocycles. The molecule has 0 radical (unpaired) electrons. The zero-order chi connectivity index (χ0) is 25.6. The molecule has 0 aliphatic carbocycles. The molecular weight excluding hydrogens is 478 g/mol. The molecule has 0 aliphatic rings. The van der Waals surface area contributed by atoms with Crippen molar-refractivity contribution in [1.82, 2.24) is 10.2 Å². The van der Waals surface area contributed by atoms with Crippen molar-refractivity contribution in [2.24, 2.45) is 0 Å². The molecule has 1 atom stereocenters. The summed E-state index contributed by atoms with van der Waals surface area (Å²) in [7, 11) is -2.49. The third-order valence-corrected chi connectivity index (χ3v) is 6.52. The van der Waals surface area contributed by atoms with Crippen LogP contribution in [0, 0.1) is 6.92 Å². The second-order valence-corrected chi connectivity index (χ2v) is 10.8. The fourth-order valence-corrected chi connectivity index (χ4v) is 4.34. The van der Waals surface area contributed by atoms with Gasteiger partial charge in [-0.25, -0.2) is 8.42 Å². The number of methoxy groups -OCH3 is 1. The summed E-state index contributed by atoms with van der Waals surface area (Å²) in [4.78, 5) is 27.7. The molecule has 10 heteroatoms. The number of nitrogens with one attached hydrogen (secondary N) is 1. The highest BCUT2D eigenvalue weighted by Gasteiger charge is 2.31. The highest BCUT2D eigenvalue weighted by atomic mass is 35.5. The zero-order valence-corrected chi connectivity index (χ0v) is 21.9. The van der Waals surface area contributed by atoms with Crippen molar-refractivity contribution in [3.8, 4) is 5.75 Å². The molecule has 0 aromatic heterocycles. The van der Waals surface area contributed by atoms with Gasteiger partial charge in [-0.1, -0.05) is 41.4 Å². The normalized spacial score (nSPS) is 12.2. The minimum atomic E-state index is -3.89. The molecule has 0 saturated heterocycles. The van der Waals surface area contributed by atoms with Gasteiger partial charge >= 0.3 is 0 Å². The molecule has 0 bridgehead atoms. The monoisotopic (exact) mass is 509 g/mol. The largest absolute Gasteiger partial charge is 0.495 e. The SMILES string of the molecule is COc1ccc(Cl)cc1N(CC(=O)N(Cc1ccc(C)cc1)[C@H](C)C(=O)NC(C)C)S(C)(=O)=O. The number of anilines is 1. The molecule has 0 spiro atoms. The standard InChI is InChI=1S/C24H32ClN3O5S/c1-16(2)26-24(30)18(4)27(14-19-9-7-17(3)8-10-19)23(29)15-28(34(6,31)32)21-13-20(25)11-12-22(21)33-5/h7-13,16,18H,14-15H2,1-6H3,(H,26,30)/t18-/m1/s1. The maximum atomic E-state index is 13.5. The van der Waals surface area contributed by atoms with Crippen molar-refractivity contribution in [2.75, 3.05) is 24.2 Å². The number of hydrogen-bond acceptors (Lipinski definition) is 5. The van der Waals surface area contributed by atoms with Crippen LogP contribution in [0.5, 0.6) is 5.75 Å². The van der Waals surface area contributed by atoms with Crippen molar-refractivity contribution < 1.29 is 22.7 Å². The maximum Gasteiger partial charge on any atom is 0.244 e. The Morgan fingerprint density at radius 1 is 1.09 bits per heavy atom. The Hall–Kier alpha value is -2.78. The minimum absolute atomic E-state index is 0.116. The number of halogens is 1. The summed E-state index contributed by atoms with van der Waals surface area (Å²) in [6.07, 6.45) is 1.000. The lowest BCUT2D eigenvalue weighted by atomic mass is 10.1. The van der Waals surface area contributed by atoms with Crippen LogP contribution in [0.2, 0.25) is 5.02 Å². The number of benzene rings is 2. The predicted octanol–water partition coefficient (Wildman–Crippen LogP) is 3.36. The Morgan fingerprint density at radius 2 is 1.71 bits per heavy atom. The quantitative estimate of drug-likeness (QED) is 0.529. The lowest BCUT2D eigenvalue weighted by Gasteiger charge is -2.32. The summed E-state index contributed by atoms with van der Waals surface area (Å²) >= 11 is 6.10. The Kier molecular flexibility index (Phi) is 9.35. The third kappa shape index (κ3) is 7.36. The molecule has 34 heavy (non-hydrogen) atoms. The highest BCUT2D eigenvalue weighted by molar-refractivity contribution is 7.92. The highest BCUT2D eigenvalue weighted by Crippen LogP contribution is 2.33. The van der Waals surface area contributed by atoms with Gasteiger partial charge in [-0.3, -0.25) is 13.9 Å². The van der Waals surface area contributed by atoms with Crippen LogP contribution in [0.4, 0.5) is 5.69 Å². The van der Waals surface area contributed by atoms with E-state index in [-0.39, 0.29) is 35.0 Å². The molecule has 0 fully saturated rings. The molecule has 0 heterocycles. The molecule has 2 rings (SSSR count). The van der Waals surface area contributed by atoms with Crippen molar-refractivity contribution in [1.29, 1.82) is 0 Å². The van der Waals surface area contributed by atoms with Gasteiger partial charge < -0.3 is 15.0 Å². The van der Waals surface area contributed by atoms with E-state index in [9.17, 15) is 18.0 Å². The summed E-state index contributed by atoms with van der Waals surface area (Å²) in [5.41, 5.74) is 2.01. The van der Waals surface area contributed by atoms with Crippen molar-refractivity contribution in [3.05, 3.63) is 58.6 Å². The van der Waals surface area contributed by atoms with Gasteiger partial charge in [0.15, 0.2) is 0 Å². The van der Waals surface area contributed by atoms with Crippen LogP contribution < -0.4 is 14.4 Å². The third-order valence-electron chi connectivity index (χ3n) is 5.16. The molecular formula is C24H32ClN3O5S. The zero-order valence-electron chi connectivity index (χ0n) is 20.3. The number of rotatable bonds is 10. The van der Waals surface area contributed by atoms with Gasteiger partial charge in [0, 0.05) is 17.6 Å². The van der Waals surface area contributed by atoms with E-state index in [1.54, 1.807) is 13.0 Å². The fourth-order valence-electron chi connectivity index (χ4n) is 3.33. The van der Waals surface area contributed by atoms with Crippen LogP contribution in [0.3, 0.4) is 0 Å². The van der Waals surface area contributed by atoms with Gasteiger partial charge in [0.1, 0.15) is 18.3 Å². The van der Waals surface area contributed by atoms with Gasteiger partial charge in [-0.05, 0) is 51.5 Å².